The number of anilines is 1. The number of phenols is 1. The number of aromatic hydroxyl groups is 1. The quantitative estimate of drug-likeness (QED) is 0.497. The second-order valence-corrected chi connectivity index (χ2v) is 6.07. The van der Waals surface area contributed by atoms with Crippen LogP contribution in [0.1, 0.15) is 29.5 Å². The van der Waals surface area contributed by atoms with E-state index in [4.69, 9.17) is 0 Å². The van der Waals surface area contributed by atoms with E-state index in [1.165, 1.54) is 0 Å². The molecule has 0 saturated heterocycles. The van der Waals surface area contributed by atoms with Crippen molar-refractivity contribution in [2.45, 2.75) is 18.4 Å². The topological polar surface area (TPSA) is 75.4 Å². The van der Waals surface area contributed by atoms with Crippen molar-refractivity contribution in [1.29, 1.82) is 0 Å². The molecule has 2 aromatic rings. The molecule has 0 radical (unpaired) electrons. The SMILES string of the molecule is O=[N+]([O-])c1cccc2c1NC(c1ccc(O)cc1)C1CC=CC21. The normalized spacial score (nSPS) is 24.6. The number of nitro benzene ring substituents is 1. The summed E-state index contributed by atoms with van der Waals surface area (Å²) in [5, 5.41) is 24.3. The van der Waals surface area contributed by atoms with Crippen LogP contribution in [0.3, 0.4) is 0 Å². The number of hydrogen-bond acceptors (Lipinski definition) is 4. The molecule has 0 saturated carbocycles. The predicted octanol–water partition coefficient (Wildman–Crippen LogP) is 4.13. The Bertz CT molecular complexity index is 798. The van der Waals surface area contributed by atoms with Gasteiger partial charge in [0.15, 0.2) is 0 Å². The maximum Gasteiger partial charge on any atom is 0.292 e. The summed E-state index contributed by atoms with van der Waals surface area (Å²) in [7, 11) is 0. The third-order valence-corrected chi connectivity index (χ3v) is 4.82. The van der Waals surface area contributed by atoms with Crippen LogP contribution in [0.5, 0.6) is 5.75 Å². The molecule has 2 aromatic carbocycles. The number of hydrogen-bond donors (Lipinski definition) is 2. The molecule has 1 aliphatic carbocycles. The van der Waals surface area contributed by atoms with Gasteiger partial charge in [-0.1, -0.05) is 36.4 Å². The van der Waals surface area contributed by atoms with Gasteiger partial charge in [-0.3, -0.25) is 10.1 Å². The maximum absolute atomic E-state index is 11.4. The lowest BCUT2D eigenvalue weighted by Gasteiger charge is -2.37. The highest BCUT2D eigenvalue weighted by molar-refractivity contribution is 5.71. The number of nitrogens with one attached hydrogen (secondary N) is 1. The van der Waals surface area contributed by atoms with E-state index in [1.807, 2.05) is 18.2 Å². The molecule has 1 aliphatic heterocycles. The predicted molar refractivity (Wildman–Crippen MR) is 87.6 cm³/mol. The monoisotopic (exact) mass is 308 g/mol. The second-order valence-electron chi connectivity index (χ2n) is 6.07. The van der Waals surface area contributed by atoms with Crippen molar-refractivity contribution in [3.8, 4) is 5.75 Å². The Morgan fingerprint density at radius 3 is 2.70 bits per heavy atom. The number of para-hydroxylation sites is 1. The van der Waals surface area contributed by atoms with Crippen LogP contribution in [-0.4, -0.2) is 10.0 Å². The zero-order chi connectivity index (χ0) is 16.0. The van der Waals surface area contributed by atoms with E-state index in [2.05, 4.69) is 17.5 Å². The number of allylic oxidation sites excluding steroid dienone is 2. The van der Waals surface area contributed by atoms with Crippen LogP contribution in [-0.2, 0) is 0 Å². The van der Waals surface area contributed by atoms with Crippen molar-refractivity contribution in [3.05, 3.63) is 75.9 Å². The second kappa shape index (κ2) is 5.12. The molecule has 5 nitrogen and oxygen atoms in total. The van der Waals surface area contributed by atoms with Gasteiger partial charge in [0.2, 0.25) is 0 Å². The molecule has 23 heavy (non-hydrogen) atoms. The molecule has 1 heterocycles. The third-order valence-electron chi connectivity index (χ3n) is 4.82. The number of nitrogens with zero attached hydrogens (tertiary/aromatic N) is 1. The van der Waals surface area contributed by atoms with Crippen molar-refractivity contribution in [1.82, 2.24) is 0 Å². The fourth-order valence-electron chi connectivity index (χ4n) is 3.77. The van der Waals surface area contributed by atoms with Crippen LogP contribution in [0.2, 0.25) is 0 Å². The first-order valence-electron chi connectivity index (χ1n) is 7.64. The zero-order valence-corrected chi connectivity index (χ0v) is 12.3. The summed E-state index contributed by atoms with van der Waals surface area (Å²) in [6.07, 6.45) is 5.24. The molecule has 3 atom stereocenters. The largest absolute Gasteiger partial charge is 0.508 e. The highest BCUT2D eigenvalue weighted by atomic mass is 16.6. The Kier molecular flexibility index (Phi) is 3.08. The average Bonchev–Trinajstić information content (AvgIpc) is 3.04. The van der Waals surface area contributed by atoms with Crippen LogP contribution < -0.4 is 5.32 Å². The highest BCUT2D eigenvalue weighted by Gasteiger charge is 2.40. The first kappa shape index (κ1) is 13.8. The summed E-state index contributed by atoms with van der Waals surface area (Å²) >= 11 is 0. The van der Waals surface area contributed by atoms with Gasteiger partial charge in [0.05, 0.1) is 11.0 Å². The minimum absolute atomic E-state index is 0.0100. The minimum Gasteiger partial charge on any atom is -0.508 e. The van der Waals surface area contributed by atoms with Crippen LogP contribution >= 0.6 is 0 Å². The summed E-state index contributed by atoms with van der Waals surface area (Å²) in [6, 6.07) is 12.3. The van der Waals surface area contributed by atoms with E-state index in [9.17, 15) is 15.2 Å². The Morgan fingerprint density at radius 2 is 1.96 bits per heavy atom. The Labute approximate surface area is 133 Å². The summed E-state index contributed by atoms with van der Waals surface area (Å²) in [5.74, 6) is 0.732. The molecule has 0 aromatic heterocycles. The molecule has 2 aliphatic rings. The van der Waals surface area contributed by atoms with E-state index >= 15 is 0 Å². The number of fused-ring (bicyclic) bond motifs is 3. The lowest BCUT2D eigenvalue weighted by Crippen LogP contribution is -2.29. The molecule has 0 fully saturated rings. The van der Waals surface area contributed by atoms with Crippen molar-refractivity contribution in [2.75, 3.05) is 5.32 Å². The lowest BCUT2D eigenvalue weighted by molar-refractivity contribution is -0.384. The smallest absolute Gasteiger partial charge is 0.292 e. The van der Waals surface area contributed by atoms with Crippen LogP contribution in [0.4, 0.5) is 11.4 Å². The van der Waals surface area contributed by atoms with Gasteiger partial charge in [-0.2, -0.15) is 0 Å². The molecule has 116 valence electrons. The number of phenolic OH excluding ortho intramolecular Hbond substituents is 1. The average molecular weight is 308 g/mol. The summed E-state index contributed by atoms with van der Waals surface area (Å²) < 4.78 is 0. The molecular formula is C18H16N2O3. The Morgan fingerprint density at radius 1 is 1.17 bits per heavy atom. The van der Waals surface area contributed by atoms with Gasteiger partial charge in [-0.25, -0.2) is 0 Å². The van der Waals surface area contributed by atoms with E-state index in [0.717, 1.165) is 17.5 Å². The summed E-state index contributed by atoms with van der Waals surface area (Å²) in [5.41, 5.74) is 2.76. The lowest BCUT2D eigenvalue weighted by atomic mass is 9.77. The van der Waals surface area contributed by atoms with Gasteiger partial charge in [0.25, 0.3) is 5.69 Å². The molecule has 4 rings (SSSR count). The maximum atomic E-state index is 11.4. The number of nitro groups is 1. The van der Waals surface area contributed by atoms with Gasteiger partial charge in [0.1, 0.15) is 11.4 Å². The van der Waals surface area contributed by atoms with E-state index in [0.29, 0.717) is 11.6 Å². The molecule has 5 heteroatoms. The molecular weight excluding hydrogens is 292 g/mol. The van der Waals surface area contributed by atoms with Crippen LogP contribution in [0, 0.1) is 16.0 Å². The Hall–Kier alpha value is -2.82. The number of rotatable bonds is 2. The third kappa shape index (κ3) is 2.16. The fourth-order valence-corrected chi connectivity index (χ4v) is 3.77. The summed E-state index contributed by atoms with van der Waals surface area (Å²) in [4.78, 5) is 11.0. The molecule has 0 amide bonds. The number of benzene rings is 2. The van der Waals surface area contributed by atoms with E-state index in [-0.39, 0.29) is 28.3 Å². The Balaban J connectivity index is 1.83. The van der Waals surface area contributed by atoms with Crippen molar-refractivity contribution in [2.24, 2.45) is 5.92 Å². The molecule has 2 N–H and O–H groups in total. The van der Waals surface area contributed by atoms with Crippen LogP contribution in [0.15, 0.2) is 54.6 Å². The first-order chi connectivity index (χ1) is 11.1. The fraction of sp³-hybridized carbons (Fsp3) is 0.222. The molecule has 0 spiro atoms. The van der Waals surface area contributed by atoms with Crippen molar-refractivity contribution >= 4 is 11.4 Å². The van der Waals surface area contributed by atoms with Gasteiger partial charge in [-0.15, -0.1) is 0 Å². The minimum atomic E-state index is -0.335. The van der Waals surface area contributed by atoms with Gasteiger partial charge in [-0.05, 0) is 35.6 Å². The zero-order valence-electron chi connectivity index (χ0n) is 12.3. The molecule has 0 bridgehead atoms. The standard InChI is InChI=1S/C18H16N2O3/c21-12-9-7-11(8-10-12)17-14-4-1-3-13(14)15-5-2-6-16(20(22)23)18(15)19-17/h1-3,5-10,13-14,17,19,21H,4H2. The van der Waals surface area contributed by atoms with E-state index < -0.39 is 0 Å². The molecule has 3 unspecified atom stereocenters. The highest BCUT2D eigenvalue weighted by Crippen LogP contribution is 2.51. The van der Waals surface area contributed by atoms with Crippen molar-refractivity contribution in [3.63, 3.8) is 0 Å². The van der Waals surface area contributed by atoms with Gasteiger partial charge in [0, 0.05) is 12.0 Å². The first-order valence-corrected chi connectivity index (χ1v) is 7.64. The van der Waals surface area contributed by atoms with Crippen molar-refractivity contribution < 1.29 is 10.0 Å². The summed E-state index contributed by atoms with van der Waals surface area (Å²) in [6.45, 7) is 0. The van der Waals surface area contributed by atoms with E-state index in [1.54, 1.807) is 24.3 Å². The van der Waals surface area contributed by atoms with Gasteiger partial charge >= 0.3 is 0 Å². The van der Waals surface area contributed by atoms with Crippen LogP contribution in [0.25, 0.3) is 0 Å². The van der Waals surface area contributed by atoms with Gasteiger partial charge < -0.3 is 10.4 Å².